The van der Waals surface area contributed by atoms with Gasteiger partial charge in [-0.1, -0.05) is 0 Å². The second-order valence-corrected chi connectivity index (χ2v) is 11.3. The average molecular weight is 442 g/mol. The number of carboxylic acid groups (broad SMARTS) is 1. The Morgan fingerprint density at radius 1 is 1.12 bits per heavy atom. The molecule has 172 valence electrons. The van der Waals surface area contributed by atoms with Crippen LogP contribution in [0.5, 0.6) is 5.75 Å². The number of hydrogen-bond acceptors (Lipinski definition) is 3. The molecule has 1 amide bonds. The monoisotopic (exact) mass is 441 g/mol. The second kappa shape index (κ2) is 7.19. The molecule has 0 spiro atoms. The van der Waals surface area contributed by atoms with Gasteiger partial charge in [0.1, 0.15) is 17.6 Å². The van der Waals surface area contributed by atoms with Crippen LogP contribution < -0.4 is 4.74 Å². The van der Waals surface area contributed by atoms with Crippen molar-refractivity contribution in [2.24, 2.45) is 23.2 Å². The highest BCUT2D eigenvalue weighted by molar-refractivity contribution is 5.98. The summed E-state index contributed by atoms with van der Waals surface area (Å²) in [4.78, 5) is 26.2. The molecular formula is C26H32FNO4. The van der Waals surface area contributed by atoms with Crippen LogP contribution in [-0.4, -0.2) is 40.6 Å². The number of amides is 1. The molecule has 5 nitrogen and oxygen atoms in total. The van der Waals surface area contributed by atoms with E-state index >= 15 is 4.39 Å². The number of rotatable bonds is 6. The lowest BCUT2D eigenvalue weighted by Crippen LogP contribution is -2.44. The minimum atomic E-state index is -1.02. The summed E-state index contributed by atoms with van der Waals surface area (Å²) < 4.78 is 21.6. The van der Waals surface area contributed by atoms with Crippen molar-refractivity contribution in [3.63, 3.8) is 0 Å². The van der Waals surface area contributed by atoms with Gasteiger partial charge in [0.15, 0.2) is 0 Å². The van der Waals surface area contributed by atoms with Gasteiger partial charge in [0, 0.05) is 17.5 Å². The number of aliphatic carboxylic acids is 1. The molecule has 7 rings (SSSR count). The Morgan fingerprint density at radius 2 is 1.84 bits per heavy atom. The Labute approximate surface area is 188 Å². The first kappa shape index (κ1) is 20.5. The van der Waals surface area contributed by atoms with Gasteiger partial charge in [0.05, 0.1) is 12.2 Å². The van der Waals surface area contributed by atoms with Crippen molar-refractivity contribution in [3.05, 3.63) is 29.1 Å². The summed E-state index contributed by atoms with van der Waals surface area (Å²) in [6.45, 7) is 2.49. The first-order valence-corrected chi connectivity index (χ1v) is 12.4. The number of ether oxygens (including phenoxy) is 1. The highest BCUT2D eigenvalue weighted by Crippen LogP contribution is 2.65. The van der Waals surface area contributed by atoms with Crippen LogP contribution in [0, 0.1) is 29.0 Å². The fourth-order valence-electron chi connectivity index (χ4n) is 7.70. The van der Waals surface area contributed by atoms with Crippen molar-refractivity contribution in [2.45, 2.75) is 82.7 Å². The first-order chi connectivity index (χ1) is 15.3. The average Bonchev–Trinajstić information content (AvgIpc) is 3.41. The number of carbonyl (C=O) groups excluding carboxylic acids is 1. The molecular weight excluding hydrogens is 409 g/mol. The van der Waals surface area contributed by atoms with E-state index in [1.54, 1.807) is 6.07 Å². The topological polar surface area (TPSA) is 66.8 Å². The molecule has 5 saturated carbocycles. The van der Waals surface area contributed by atoms with E-state index in [9.17, 15) is 14.7 Å². The zero-order chi connectivity index (χ0) is 22.2. The van der Waals surface area contributed by atoms with E-state index in [0.717, 1.165) is 36.2 Å². The number of nitrogens with zero attached hydrogens (tertiary/aromatic N) is 1. The molecule has 1 saturated heterocycles. The van der Waals surface area contributed by atoms with Crippen LogP contribution in [0.1, 0.15) is 86.6 Å². The van der Waals surface area contributed by atoms with Gasteiger partial charge in [-0.15, -0.1) is 0 Å². The van der Waals surface area contributed by atoms with E-state index in [4.69, 9.17) is 4.74 Å². The van der Waals surface area contributed by atoms with E-state index in [1.165, 1.54) is 43.1 Å². The van der Waals surface area contributed by atoms with Crippen LogP contribution in [-0.2, 0) is 4.79 Å². The number of carbonyl (C=O) groups is 2. The fraction of sp³-hybridized carbons (Fsp3) is 0.692. The molecule has 32 heavy (non-hydrogen) atoms. The summed E-state index contributed by atoms with van der Waals surface area (Å²) >= 11 is 0. The Bertz CT molecular complexity index is 959. The Balaban J connectivity index is 1.27. The quantitative estimate of drug-likeness (QED) is 0.676. The van der Waals surface area contributed by atoms with E-state index in [0.29, 0.717) is 31.1 Å². The smallest absolute Gasteiger partial charge is 0.326 e. The number of benzene rings is 1. The van der Waals surface area contributed by atoms with Gasteiger partial charge in [-0.25, -0.2) is 9.18 Å². The van der Waals surface area contributed by atoms with E-state index < -0.39 is 23.7 Å². The van der Waals surface area contributed by atoms with Crippen molar-refractivity contribution < 1.29 is 23.8 Å². The largest absolute Gasteiger partial charge is 0.493 e. The maximum atomic E-state index is 15.2. The molecule has 4 bridgehead atoms. The summed E-state index contributed by atoms with van der Waals surface area (Å²) in [5.41, 5.74) is 1.17. The predicted octanol–water partition coefficient (Wildman–Crippen LogP) is 4.99. The lowest BCUT2D eigenvalue weighted by atomic mass is 9.76. The predicted molar refractivity (Wildman–Crippen MR) is 116 cm³/mol. The molecule has 6 fully saturated rings. The van der Waals surface area contributed by atoms with Gasteiger partial charge >= 0.3 is 5.97 Å². The van der Waals surface area contributed by atoms with E-state index in [2.05, 4.69) is 0 Å². The summed E-state index contributed by atoms with van der Waals surface area (Å²) in [5.74, 6) is 1.20. The van der Waals surface area contributed by atoms with Crippen molar-refractivity contribution >= 4 is 11.9 Å². The summed E-state index contributed by atoms with van der Waals surface area (Å²) in [5, 5.41) is 9.53. The van der Waals surface area contributed by atoms with Crippen molar-refractivity contribution in [3.8, 4) is 5.75 Å². The molecule has 1 aliphatic heterocycles. The lowest BCUT2D eigenvalue weighted by Gasteiger charge is -2.33. The molecule has 1 heterocycles. The van der Waals surface area contributed by atoms with Crippen molar-refractivity contribution in [1.82, 2.24) is 4.90 Å². The molecule has 1 aromatic rings. The maximum absolute atomic E-state index is 15.2. The lowest BCUT2D eigenvalue weighted by molar-refractivity contribution is -0.141. The van der Waals surface area contributed by atoms with Crippen LogP contribution in [0.4, 0.5) is 4.39 Å². The summed E-state index contributed by atoms with van der Waals surface area (Å²) in [6.07, 6.45) is 9.59. The van der Waals surface area contributed by atoms with Crippen LogP contribution in [0.2, 0.25) is 0 Å². The molecule has 6 heteroatoms. The van der Waals surface area contributed by atoms with Gasteiger partial charge in [-0.2, -0.15) is 0 Å². The summed E-state index contributed by atoms with van der Waals surface area (Å²) in [7, 11) is 0. The van der Waals surface area contributed by atoms with Crippen molar-refractivity contribution in [1.29, 1.82) is 0 Å². The van der Waals surface area contributed by atoms with E-state index in [-0.39, 0.29) is 17.0 Å². The third kappa shape index (κ3) is 3.16. The van der Waals surface area contributed by atoms with Crippen LogP contribution in [0.3, 0.4) is 0 Å². The highest BCUT2D eigenvalue weighted by atomic mass is 19.1. The molecule has 0 radical (unpaired) electrons. The van der Waals surface area contributed by atoms with Gasteiger partial charge in [-0.05, 0) is 100 Å². The standard InChI is InChI=1S/C26H32FNO4/c1-14-2-5-22(25(30)31)28(14)24(29)20-9-19(17-3-4-17)23(10-21(20)27)32-13-26-11-15-6-16(12-26)8-18(26)7-15/h9-10,14-18,22H,2-8,11-13H2,1H3,(H,30,31)/t14?,15?,16?,18?,22-,26?/m0/s1. The zero-order valence-corrected chi connectivity index (χ0v) is 18.7. The summed E-state index contributed by atoms with van der Waals surface area (Å²) in [6, 6.07) is 1.96. The fourth-order valence-corrected chi connectivity index (χ4v) is 7.70. The van der Waals surface area contributed by atoms with Crippen molar-refractivity contribution in [2.75, 3.05) is 6.61 Å². The van der Waals surface area contributed by atoms with E-state index in [1.807, 2.05) is 6.92 Å². The highest BCUT2D eigenvalue weighted by Gasteiger charge is 2.58. The normalized spacial score (nSPS) is 37.3. The number of hydrogen-bond donors (Lipinski definition) is 1. The van der Waals surface area contributed by atoms with Crippen LogP contribution in [0.15, 0.2) is 12.1 Å². The minimum Gasteiger partial charge on any atom is -0.493 e. The third-order valence-corrected chi connectivity index (χ3v) is 9.21. The Kier molecular flexibility index (Phi) is 4.61. The molecule has 0 aromatic heterocycles. The molecule has 1 aromatic carbocycles. The molecule has 6 aliphatic rings. The van der Waals surface area contributed by atoms with Crippen LogP contribution >= 0.6 is 0 Å². The minimum absolute atomic E-state index is 0.0155. The van der Waals surface area contributed by atoms with Gasteiger partial charge < -0.3 is 14.7 Å². The second-order valence-electron chi connectivity index (χ2n) is 11.3. The molecule has 3 unspecified atom stereocenters. The van der Waals surface area contributed by atoms with Gasteiger partial charge in [0.2, 0.25) is 0 Å². The first-order valence-electron chi connectivity index (χ1n) is 12.4. The zero-order valence-electron chi connectivity index (χ0n) is 18.7. The molecule has 4 atom stereocenters. The number of likely N-dealkylation sites (tertiary alicyclic amines) is 1. The number of carboxylic acids is 1. The third-order valence-electron chi connectivity index (χ3n) is 9.21. The Morgan fingerprint density at radius 3 is 2.50 bits per heavy atom. The number of halogens is 1. The SMILES string of the molecule is CC1CC[C@@H](C(=O)O)N1C(=O)c1cc(C2CC2)c(OCC23CC4CC(CC2C4)C3)cc1F. The Hall–Kier alpha value is -2.11. The maximum Gasteiger partial charge on any atom is 0.326 e. The van der Waals surface area contributed by atoms with Crippen LogP contribution in [0.25, 0.3) is 0 Å². The molecule has 1 N–H and O–H groups in total. The van der Waals surface area contributed by atoms with Gasteiger partial charge in [0.25, 0.3) is 5.91 Å². The van der Waals surface area contributed by atoms with Gasteiger partial charge in [-0.3, -0.25) is 4.79 Å². The molecule has 5 aliphatic carbocycles.